The van der Waals surface area contributed by atoms with E-state index >= 15 is 0 Å². The Hall–Kier alpha value is -1.10. The molecule has 0 aromatic heterocycles. The van der Waals surface area contributed by atoms with Crippen LogP contribution in [0, 0.1) is 0 Å². The first-order valence-electron chi connectivity index (χ1n) is 5.96. The van der Waals surface area contributed by atoms with Crippen molar-refractivity contribution in [2.45, 2.75) is 50.7 Å². The molecule has 16 heavy (non-hydrogen) atoms. The van der Waals surface area contributed by atoms with Crippen molar-refractivity contribution in [2.75, 3.05) is 6.54 Å². The van der Waals surface area contributed by atoms with Crippen LogP contribution in [0.25, 0.3) is 0 Å². The quantitative estimate of drug-likeness (QED) is 0.686. The number of carbonyl (C=O) groups excluding carboxylic acids is 2. The molecule has 2 amide bonds. The normalized spacial score (nSPS) is 27.8. The van der Waals surface area contributed by atoms with E-state index in [1.807, 2.05) is 0 Å². The number of hydrogen-bond acceptors (Lipinski definition) is 3. The van der Waals surface area contributed by atoms with E-state index in [1.165, 1.54) is 0 Å². The molecule has 90 valence electrons. The van der Waals surface area contributed by atoms with E-state index in [1.54, 1.807) is 11.8 Å². The van der Waals surface area contributed by atoms with Gasteiger partial charge in [-0.3, -0.25) is 9.59 Å². The molecular weight excluding hydrogens is 206 g/mol. The number of piperidine rings is 1. The van der Waals surface area contributed by atoms with Gasteiger partial charge in [0, 0.05) is 12.6 Å². The summed E-state index contributed by atoms with van der Waals surface area (Å²) in [5.41, 5.74) is 5.70. The Morgan fingerprint density at radius 2 is 2.19 bits per heavy atom. The van der Waals surface area contributed by atoms with Crippen molar-refractivity contribution in [1.82, 2.24) is 10.2 Å². The van der Waals surface area contributed by atoms with Crippen molar-refractivity contribution < 1.29 is 9.59 Å². The Balaban J connectivity index is 1.93. The molecule has 0 aromatic carbocycles. The van der Waals surface area contributed by atoms with E-state index in [0.717, 1.165) is 25.7 Å². The van der Waals surface area contributed by atoms with Gasteiger partial charge >= 0.3 is 0 Å². The number of nitrogens with two attached hydrogens (primary N) is 1. The van der Waals surface area contributed by atoms with Gasteiger partial charge in [0.1, 0.15) is 6.04 Å². The first kappa shape index (κ1) is 11.4. The van der Waals surface area contributed by atoms with Crippen LogP contribution in [0.2, 0.25) is 0 Å². The second-order valence-corrected chi connectivity index (χ2v) is 4.74. The number of amides is 2. The average molecular weight is 225 g/mol. The molecule has 0 aromatic rings. The van der Waals surface area contributed by atoms with Crippen molar-refractivity contribution in [3.63, 3.8) is 0 Å². The maximum atomic E-state index is 11.8. The highest BCUT2D eigenvalue weighted by atomic mass is 16.2. The highest BCUT2D eigenvalue weighted by Gasteiger charge is 2.34. The molecule has 0 bridgehead atoms. The smallest absolute Gasteiger partial charge is 0.242 e. The van der Waals surface area contributed by atoms with Crippen LogP contribution in [0.15, 0.2) is 0 Å². The summed E-state index contributed by atoms with van der Waals surface area (Å²) in [5.74, 6) is -0.144. The maximum absolute atomic E-state index is 11.8. The molecule has 5 nitrogen and oxygen atoms in total. The summed E-state index contributed by atoms with van der Waals surface area (Å²) < 4.78 is 0. The van der Waals surface area contributed by atoms with E-state index in [9.17, 15) is 9.59 Å². The molecular formula is C11H19N3O2. The van der Waals surface area contributed by atoms with Crippen molar-refractivity contribution in [3.8, 4) is 0 Å². The summed E-state index contributed by atoms with van der Waals surface area (Å²) in [6.45, 7) is 2.42. The number of rotatable bonds is 3. The van der Waals surface area contributed by atoms with Crippen molar-refractivity contribution >= 4 is 11.8 Å². The Kier molecular flexibility index (Phi) is 3.14. The summed E-state index contributed by atoms with van der Waals surface area (Å²) in [5, 5.41) is 2.91. The topological polar surface area (TPSA) is 75.4 Å². The van der Waals surface area contributed by atoms with Crippen LogP contribution in [0.5, 0.6) is 0 Å². The van der Waals surface area contributed by atoms with Crippen molar-refractivity contribution in [1.29, 1.82) is 0 Å². The molecule has 1 aliphatic heterocycles. The van der Waals surface area contributed by atoms with Crippen molar-refractivity contribution in [3.05, 3.63) is 0 Å². The Morgan fingerprint density at radius 1 is 1.50 bits per heavy atom. The molecule has 5 heteroatoms. The summed E-state index contributed by atoms with van der Waals surface area (Å²) in [6.07, 6.45) is 3.73. The maximum Gasteiger partial charge on any atom is 0.242 e. The first-order valence-corrected chi connectivity index (χ1v) is 5.96. The van der Waals surface area contributed by atoms with E-state index in [4.69, 9.17) is 5.73 Å². The molecule has 0 spiro atoms. The molecule has 2 atom stereocenters. The van der Waals surface area contributed by atoms with E-state index in [-0.39, 0.29) is 17.9 Å². The van der Waals surface area contributed by atoms with Gasteiger partial charge in [0.05, 0.1) is 6.04 Å². The van der Waals surface area contributed by atoms with Crippen LogP contribution in [0.1, 0.15) is 32.6 Å². The van der Waals surface area contributed by atoms with Crippen LogP contribution in [0.4, 0.5) is 0 Å². The summed E-state index contributed by atoms with van der Waals surface area (Å²) >= 11 is 0. The molecule has 3 N–H and O–H groups in total. The van der Waals surface area contributed by atoms with Crippen molar-refractivity contribution in [2.24, 2.45) is 5.73 Å². The molecule has 0 radical (unpaired) electrons. The zero-order valence-electron chi connectivity index (χ0n) is 9.61. The third kappa shape index (κ3) is 2.35. The van der Waals surface area contributed by atoms with Crippen LogP contribution in [-0.2, 0) is 9.59 Å². The zero-order valence-corrected chi connectivity index (χ0v) is 9.61. The monoisotopic (exact) mass is 225 g/mol. The predicted molar refractivity (Wildman–Crippen MR) is 59.5 cm³/mol. The number of carbonyl (C=O) groups is 2. The lowest BCUT2D eigenvalue weighted by Gasteiger charge is -2.34. The highest BCUT2D eigenvalue weighted by molar-refractivity contribution is 5.90. The number of nitrogens with one attached hydrogen (secondary N) is 1. The minimum atomic E-state index is -0.426. The van der Waals surface area contributed by atoms with Gasteiger partial charge in [0.25, 0.3) is 0 Å². The molecule has 2 aliphatic rings. The lowest BCUT2D eigenvalue weighted by molar-refractivity contribution is -0.143. The second-order valence-electron chi connectivity index (χ2n) is 4.74. The van der Waals surface area contributed by atoms with Gasteiger partial charge in [0.15, 0.2) is 0 Å². The third-order valence-corrected chi connectivity index (χ3v) is 3.29. The molecule has 2 rings (SSSR count). The Morgan fingerprint density at radius 3 is 2.81 bits per heavy atom. The number of nitrogens with zero attached hydrogens (tertiary/aromatic N) is 1. The molecule has 2 fully saturated rings. The van der Waals surface area contributed by atoms with Gasteiger partial charge in [-0.05, 0) is 32.6 Å². The van der Waals surface area contributed by atoms with Gasteiger partial charge in [0.2, 0.25) is 11.8 Å². The predicted octanol–water partition coefficient (Wildman–Crippen LogP) is -0.397. The fourth-order valence-electron chi connectivity index (χ4n) is 2.00. The van der Waals surface area contributed by atoms with Gasteiger partial charge in [-0.1, -0.05) is 0 Å². The fraction of sp³-hybridized carbons (Fsp3) is 0.818. The minimum absolute atomic E-state index is 0.0510. The molecule has 1 saturated heterocycles. The standard InChI is InChI=1S/C11H19N3O2/c1-7(10(15)13-8-4-5-8)14-6-2-3-9(12)11(14)16/h7-9H,2-6,12H2,1H3,(H,13,15)/t7-,9+/m0/s1. The number of hydrogen-bond donors (Lipinski definition) is 2. The number of likely N-dealkylation sites (tertiary alicyclic amines) is 1. The van der Waals surface area contributed by atoms with E-state index in [0.29, 0.717) is 12.6 Å². The summed E-state index contributed by atoms with van der Waals surface area (Å²) in [7, 11) is 0. The second kappa shape index (κ2) is 4.41. The van der Waals surface area contributed by atoms with Gasteiger partial charge in [-0.15, -0.1) is 0 Å². The summed E-state index contributed by atoms with van der Waals surface area (Å²) in [6, 6.07) is -0.479. The van der Waals surface area contributed by atoms with Gasteiger partial charge in [-0.2, -0.15) is 0 Å². The Bertz CT molecular complexity index is 302. The molecule has 1 saturated carbocycles. The fourth-order valence-corrected chi connectivity index (χ4v) is 2.00. The largest absolute Gasteiger partial charge is 0.352 e. The van der Waals surface area contributed by atoms with E-state index < -0.39 is 6.04 Å². The van der Waals surface area contributed by atoms with Gasteiger partial charge in [-0.25, -0.2) is 0 Å². The van der Waals surface area contributed by atoms with Crippen LogP contribution in [-0.4, -0.2) is 41.4 Å². The van der Waals surface area contributed by atoms with E-state index in [2.05, 4.69) is 5.32 Å². The van der Waals surface area contributed by atoms with Crippen LogP contribution < -0.4 is 11.1 Å². The lowest BCUT2D eigenvalue weighted by atomic mass is 10.0. The summed E-state index contributed by atoms with van der Waals surface area (Å²) in [4.78, 5) is 25.2. The zero-order chi connectivity index (χ0) is 11.7. The van der Waals surface area contributed by atoms with Crippen LogP contribution >= 0.6 is 0 Å². The molecule has 1 heterocycles. The van der Waals surface area contributed by atoms with Crippen LogP contribution in [0.3, 0.4) is 0 Å². The average Bonchev–Trinajstić information content (AvgIpc) is 3.05. The lowest BCUT2D eigenvalue weighted by Crippen LogP contribution is -2.56. The third-order valence-electron chi connectivity index (χ3n) is 3.29. The minimum Gasteiger partial charge on any atom is -0.352 e. The first-order chi connectivity index (χ1) is 7.59. The van der Waals surface area contributed by atoms with Gasteiger partial charge < -0.3 is 16.0 Å². The Labute approximate surface area is 95.3 Å². The SMILES string of the molecule is C[C@@H](C(=O)NC1CC1)N1CCC[C@@H](N)C1=O. The molecule has 0 unspecified atom stereocenters. The molecule has 1 aliphatic carbocycles. The highest BCUT2D eigenvalue weighted by Crippen LogP contribution is 2.20.